The third kappa shape index (κ3) is 3.44. The molecule has 2 nitrogen and oxygen atoms in total. The molecular weight excluding hydrogens is 333 g/mol. The second-order valence-electron chi connectivity index (χ2n) is 5.68. The van der Waals surface area contributed by atoms with Gasteiger partial charge in [0.2, 0.25) is 0 Å². The Labute approximate surface area is 148 Å². The molecule has 122 valence electrons. The Morgan fingerprint density at radius 1 is 0.840 bits per heavy atom. The molecule has 0 aliphatic heterocycles. The van der Waals surface area contributed by atoms with Crippen molar-refractivity contribution in [1.82, 2.24) is 4.98 Å². The minimum atomic E-state index is -0.231. The van der Waals surface area contributed by atoms with Crippen LogP contribution in [0.2, 0.25) is 0 Å². The van der Waals surface area contributed by atoms with Crippen LogP contribution in [-0.4, -0.2) is 10.1 Å². The van der Waals surface area contributed by atoms with Crippen LogP contribution in [0.4, 0.5) is 4.39 Å². The molecule has 1 aromatic heterocycles. The molecule has 0 aliphatic rings. The highest BCUT2D eigenvalue weighted by Gasteiger charge is 2.06. The molecule has 0 fully saturated rings. The van der Waals surface area contributed by atoms with Gasteiger partial charge in [0.05, 0.1) is 10.2 Å². The normalized spacial score (nSPS) is 11.4. The SMILES string of the molecule is Oc1ccc2nc(-c3ccc(C=Cc4ccc(F)cc4)cc3)sc2c1. The van der Waals surface area contributed by atoms with Gasteiger partial charge in [-0.3, -0.25) is 0 Å². The third-order valence-corrected chi connectivity index (χ3v) is 4.94. The molecule has 0 saturated carbocycles. The Hall–Kier alpha value is -2.98. The molecule has 0 radical (unpaired) electrons. The number of thiazole rings is 1. The number of aromatic hydroxyl groups is 1. The van der Waals surface area contributed by atoms with Crippen molar-refractivity contribution in [2.75, 3.05) is 0 Å². The van der Waals surface area contributed by atoms with Crippen molar-refractivity contribution in [3.8, 4) is 16.3 Å². The van der Waals surface area contributed by atoms with Crippen molar-refractivity contribution in [2.45, 2.75) is 0 Å². The molecule has 1 N–H and O–H groups in total. The maximum absolute atomic E-state index is 12.9. The van der Waals surface area contributed by atoms with Crippen LogP contribution in [0.1, 0.15) is 11.1 Å². The number of hydrogen-bond acceptors (Lipinski definition) is 3. The van der Waals surface area contributed by atoms with Gasteiger partial charge >= 0.3 is 0 Å². The van der Waals surface area contributed by atoms with Crippen LogP contribution >= 0.6 is 11.3 Å². The van der Waals surface area contributed by atoms with Gasteiger partial charge in [-0.05, 0) is 41.5 Å². The summed E-state index contributed by atoms with van der Waals surface area (Å²) < 4.78 is 13.9. The highest BCUT2D eigenvalue weighted by molar-refractivity contribution is 7.21. The van der Waals surface area contributed by atoms with Gasteiger partial charge in [-0.15, -0.1) is 11.3 Å². The topological polar surface area (TPSA) is 33.1 Å². The molecule has 0 aliphatic carbocycles. The van der Waals surface area contributed by atoms with Crippen LogP contribution in [0.25, 0.3) is 32.9 Å². The van der Waals surface area contributed by atoms with Gasteiger partial charge in [-0.1, -0.05) is 48.6 Å². The van der Waals surface area contributed by atoms with Gasteiger partial charge in [-0.25, -0.2) is 9.37 Å². The third-order valence-electron chi connectivity index (χ3n) is 3.87. The van der Waals surface area contributed by atoms with Gasteiger partial charge in [0.25, 0.3) is 0 Å². The zero-order valence-corrected chi connectivity index (χ0v) is 14.0. The summed E-state index contributed by atoms with van der Waals surface area (Å²) in [5, 5.41) is 10.5. The molecule has 0 unspecified atom stereocenters. The lowest BCUT2D eigenvalue weighted by atomic mass is 10.1. The molecule has 3 aromatic carbocycles. The van der Waals surface area contributed by atoms with Gasteiger partial charge in [0, 0.05) is 5.56 Å². The van der Waals surface area contributed by atoms with E-state index in [1.807, 2.05) is 42.5 Å². The van der Waals surface area contributed by atoms with Crippen LogP contribution in [0.5, 0.6) is 5.75 Å². The minimum absolute atomic E-state index is 0.231. The first-order valence-electron chi connectivity index (χ1n) is 7.81. The molecular formula is C21H14FNOS. The quantitative estimate of drug-likeness (QED) is 0.463. The molecule has 0 spiro atoms. The second kappa shape index (κ2) is 6.49. The van der Waals surface area contributed by atoms with E-state index < -0.39 is 0 Å². The number of phenols is 1. The average Bonchev–Trinajstić information content (AvgIpc) is 3.05. The zero-order valence-electron chi connectivity index (χ0n) is 13.2. The summed E-state index contributed by atoms with van der Waals surface area (Å²) >= 11 is 1.56. The van der Waals surface area contributed by atoms with Gasteiger partial charge < -0.3 is 5.11 Å². The number of fused-ring (bicyclic) bond motifs is 1. The number of halogens is 1. The van der Waals surface area contributed by atoms with Gasteiger partial charge in [0.1, 0.15) is 16.6 Å². The van der Waals surface area contributed by atoms with Crippen LogP contribution in [0, 0.1) is 5.82 Å². The summed E-state index contributed by atoms with van der Waals surface area (Å²) in [5.41, 5.74) is 3.95. The summed E-state index contributed by atoms with van der Waals surface area (Å²) in [6.07, 6.45) is 3.95. The zero-order chi connectivity index (χ0) is 17.2. The fraction of sp³-hybridized carbons (Fsp3) is 0. The van der Waals surface area contributed by atoms with E-state index in [0.29, 0.717) is 0 Å². The molecule has 4 heteroatoms. The number of hydrogen-bond donors (Lipinski definition) is 1. The van der Waals surface area contributed by atoms with Crippen molar-refractivity contribution in [3.05, 3.63) is 83.7 Å². The van der Waals surface area contributed by atoms with Crippen LogP contribution < -0.4 is 0 Å². The summed E-state index contributed by atoms with van der Waals surface area (Å²) in [7, 11) is 0. The lowest BCUT2D eigenvalue weighted by Gasteiger charge is -1.98. The molecule has 0 atom stereocenters. The van der Waals surface area contributed by atoms with Crippen molar-refractivity contribution in [3.63, 3.8) is 0 Å². The van der Waals surface area contributed by atoms with E-state index in [-0.39, 0.29) is 11.6 Å². The first-order valence-corrected chi connectivity index (χ1v) is 8.63. The van der Waals surface area contributed by atoms with E-state index in [1.54, 1.807) is 35.6 Å². The molecule has 0 saturated heterocycles. The van der Waals surface area contributed by atoms with Crippen LogP contribution in [0.3, 0.4) is 0 Å². The van der Waals surface area contributed by atoms with Crippen molar-refractivity contribution < 1.29 is 9.50 Å². The second-order valence-corrected chi connectivity index (χ2v) is 6.71. The summed E-state index contributed by atoms with van der Waals surface area (Å²) in [6, 6.07) is 19.7. The highest BCUT2D eigenvalue weighted by Crippen LogP contribution is 2.32. The predicted molar refractivity (Wildman–Crippen MR) is 102 cm³/mol. The Balaban J connectivity index is 1.57. The minimum Gasteiger partial charge on any atom is -0.508 e. The highest BCUT2D eigenvalue weighted by atomic mass is 32.1. The first-order chi connectivity index (χ1) is 12.2. The maximum Gasteiger partial charge on any atom is 0.124 e. The van der Waals surface area contributed by atoms with E-state index in [9.17, 15) is 9.50 Å². The van der Waals surface area contributed by atoms with E-state index >= 15 is 0 Å². The molecule has 4 aromatic rings. The Bertz CT molecular complexity index is 1050. The van der Waals surface area contributed by atoms with E-state index in [2.05, 4.69) is 4.98 Å². The summed E-state index contributed by atoms with van der Waals surface area (Å²) in [4.78, 5) is 4.61. The van der Waals surface area contributed by atoms with Gasteiger partial charge in [0.15, 0.2) is 0 Å². The summed E-state index contributed by atoms with van der Waals surface area (Å²) in [6.45, 7) is 0. The van der Waals surface area contributed by atoms with Crippen molar-refractivity contribution >= 4 is 33.7 Å². The maximum atomic E-state index is 12.9. The van der Waals surface area contributed by atoms with Crippen molar-refractivity contribution in [1.29, 1.82) is 0 Å². The molecule has 1 heterocycles. The van der Waals surface area contributed by atoms with E-state index in [0.717, 1.165) is 31.9 Å². The fourth-order valence-electron chi connectivity index (χ4n) is 2.54. The Morgan fingerprint density at radius 3 is 2.16 bits per heavy atom. The van der Waals surface area contributed by atoms with E-state index in [4.69, 9.17) is 0 Å². The van der Waals surface area contributed by atoms with E-state index in [1.165, 1.54) is 12.1 Å². The van der Waals surface area contributed by atoms with Gasteiger partial charge in [-0.2, -0.15) is 0 Å². The summed E-state index contributed by atoms with van der Waals surface area (Å²) in [5.74, 6) is 0.0228. The molecule has 25 heavy (non-hydrogen) atoms. The number of benzene rings is 3. The van der Waals surface area contributed by atoms with Crippen molar-refractivity contribution in [2.24, 2.45) is 0 Å². The standard InChI is InChI=1S/C21H14FNOS/c22-17-9-5-15(6-10-17)2-1-14-3-7-16(8-4-14)21-23-19-12-11-18(24)13-20(19)25-21/h1-13,24H. The van der Waals surface area contributed by atoms with Crippen LogP contribution in [-0.2, 0) is 0 Å². The van der Waals surface area contributed by atoms with Crippen LogP contribution in [0.15, 0.2) is 66.7 Å². The monoisotopic (exact) mass is 347 g/mol. The predicted octanol–water partition coefficient (Wildman–Crippen LogP) is 5.98. The lowest BCUT2D eigenvalue weighted by Crippen LogP contribution is -1.78. The number of nitrogens with zero attached hydrogens (tertiary/aromatic N) is 1. The Morgan fingerprint density at radius 2 is 1.48 bits per heavy atom. The molecule has 0 bridgehead atoms. The molecule has 0 amide bonds. The smallest absolute Gasteiger partial charge is 0.124 e. The number of aromatic nitrogens is 1. The average molecular weight is 347 g/mol. The largest absolute Gasteiger partial charge is 0.508 e. The molecule has 4 rings (SSSR count). The number of phenolic OH excluding ortho intramolecular Hbond substituents is 1. The first kappa shape index (κ1) is 15.5. The number of rotatable bonds is 3. The Kier molecular flexibility index (Phi) is 4.04. The lowest BCUT2D eigenvalue weighted by molar-refractivity contribution is 0.476. The fourth-order valence-corrected chi connectivity index (χ4v) is 3.54.